The molecule has 0 saturated carbocycles. The van der Waals surface area contributed by atoms with Crippen LogP contribution in [0, 0.1) is 5.92 Å². The van der Waals surface area contributed by atoms with Gasteiger partial charge in [0.15, 0.2) is 0 Å². The van der Waals surface area contributed by atoms with E-state index in [1.807, 2.05) is 17.8 Å². The summed E-state index contributed by atoms with van der Waals surface area (Å²) < 4.78 is 7.48. The van der Waals surface area contributed by atoms with E-state index < -0.39 is 0 Å². The topological polar surface area (TPSA) is 47.3 Å². The molecule has 0 amide bonds. The second kappa shape index (κ2) is 3.47. The average molecular weight is 182 g/mol. The highest BCUT2D eigenvalue weighted by atomic mass is 16.5. The van der Waals surface area contributed by atoms with E-state index >= 15 is 0 Å². The van der Waals surface area contributed by atoms with Crippen LogP contribution in [0.1, 0.15) is 18.3 Å². The number of aliphatic hydroxyl groups is 1. The summed E-state index contributed by atoms with van der Waals surface area (Å²) in [6.07, 6.45) is 4.55. The molecule has 1 N–H and O–H groups in total. The summed E-state index contributed by atoms with van der Waals surface area (Å²) in [6.45, 7) is 0.903. The maximum atomic E-state index is 9.11. The van der Waals surface area contributed by atoms with Crippen LogP contribution in [0.5, 0.6) is 0 Å². The molecular weight excluding hydrogens is 168 g/mol. The third-order valence-corrected chi connectivity index (χ3v) is 2.56. The van der Waals surface area contributed by atoms with Gasteiger partial charge in [0.05, 0.1) is 0 Å². The summed E-state index contributed by atoms with van der Waals surface area (Å²) in [5.41, 5.74) is 0. The molecule has 0 unspecified atom stereocenters. The van der Waals surface area contributed by atoms with Crippen molar-refractivity contribution in [1.29, 1.82) is 0 Å². The fourth-order valence-electron chi connectivity index (χ4n) is 1.76. The maximum Gasteiger partial charge on any atom is 0.138 e. The Bertz CT molecular complexity index is 285. The predicted molar refractivity (Wildman–Crippen MR) is 47.1 cm³/mol. The van der Waals surface area contributed by atoms with Crippen molar-refractivity contribution in [2.45, 2.75) is 12.5 Å². The van der Waals surface area contributed by atoms with Crippen LogP contribution in [0.3, 0.4) is 0 Å². The molecule has 1 aliphatic rings. The molecule has 13 heavy (non-hydrogen) atoms. The van der Waals surface area contributed by atoms with E-state index in [4.69, 9.17) is 9.84 Å². The van der Waals surface area contributed by atoms with Crippen molar-refractivity contribution in [3.8, 4) is 0 Å². The van der Waals surface area contributed by atoms with E-state index in [1.54, 1.807) is 6.20 Å². The number of ether oxygens (including phenoxy) is 1. The second-order valence-corrected chi connectivity index (χ2v) is 3.42. The van der Waals surface area contributed by atoms with Gasteiger partial charge in [-0.3, -0.25) is 0 Å². The van der Waals surface area contributed by atoms with Crippen molar-refractivity contribution in [2.75, 3.05) is 13.2 Å². The summed E-state index contributed by atoms with van der Waals surface area (Å²) in [4.78, 5) is 4.22. The Labute approximate surface area is 77.2 Å². The molecule has 2 rings (SSSR count). The zero-order valence-electron chi connectivity index (χ0n) is 7.68. The van der Waals surface area contributed by atoms with Crippen LogP contribution in [0.15, 0.2) is 12.4 Å². The summed E-state index contributed by atoms with van der Waals surface area (Å²) in [5.74, 6) is 1.12. The zero-order chi connectivity index (χ0) is 9.26. The largest absolute Gasteiger partial charge is 0.396 e. The number of imidazole rings is 1. The first-order valence-electron chi connectivity index (χ1n) is 4.52. The Hall–Kier alpha value is -0.870. The number of aryl methyl sites for hydroxylation is 1. The molecule has 2 heterocycles. The van der Waals surface area contributed by atoms with Crippen LogP contribution < -0.4 is 0 Å². The van der Waals surface area contributed by atoms with Gasteiger partial charge in [-0.25, -0.2) is 4.98 Å². The molecule has 1 aliphatic heterocycles. The van der Waals surface area contributed by atoms with Crippen molar-refractivity contribution in [2.24, 2.45) is 13.0 Å². The Morgan fingerprint density at radius 3 is 3.23 bits per heavy atom. The van der Waals surface area contributed by atoms with E-state index in [0.29, 0.717) is 0 Å². The van der Waals surface area contributed by atoms with Crippen LogP contribution in [0.25, 0.3) is 0 Å². The van der Waals surface area contributed by atoms with E-state index in [9.17, 15) is 0 Å². The van der Waals surface area contributed by atoms with Crippen molar-refractivity contribution >= 4 is 0 Å². The summed E-state index contributed by atoms with van der Waals surface area (Å²) in [7, 11) is 1.94. The molecule has 0 aromatic carbocycles. The molecule has 0 radical (unpaired) electrons. The van der Waals surface area contributed by atoms with E-state index in [1.165, 1.54) is 0 Å². The number of nitrogens with zero attached hydrogens (tertiary/aromatic N) is 2. The minimum absolute atomic E-state index is 0.0231. The average Bonchev–Trinajstić information content (AvgIpc) is 2.71. The van der Waals surface area contributed by atoms with Crippen molar-refractivity contribution in [1.82, 2.24) is 9.55 Å². The van der Waals surface area contributed by atoms with Crippen molar-refractivity contribution in [3.05, 3.63) is 18.2 Å². The molecule has 4 nitrogen and oxygen atoms in total. The number of aliphatic hydroxyl groups excluding tert-OH is 1. The van der Waals surface area contributed by atoms with Crippen LogP contribution in [0.4, 0.5) is 0 Å². The first-order valence-corrected chi connectivity index (χ1v) is 4.52. The molecule has 72 valence electrons. The van der Waals surface area contributed by atoms with E-state index in [2.05, 4.69) is 4.98 Å². The number of hydrogen-bond donors (Lipinski definition) is 1. The molecule has 0 spiro atoms. The lowest BCUT2D eigenvalue weighted by molar-refractivity contribution is 0.0635. The molecule has 1 fully saturated rings. The predicted octanol–water partition coefficient (Wildman–Crippen LogP) is 0.490. The van der Waals surface area contributed by atoms with Crippen molar-refractivity contribution in [3.63, 3.8) is 0 Å². The molecule has 4 heteroatoms. The van der Waals surface area contributed by atoms with Gasteiger partial charge in [-0.2, -0.15) is 0 Å². The summed E-state index contributed by atoms with van der Waals surface area (Å²) >= 11 is 0. The van der Waals surface area contributed by atoms with Gasteiger partial charge >= 0.3 is 0 Å². The Morgan fingerprint density at radius 1 is 1.77 bits per heavy atom. The van der Waals surface area contributed by atoms with Gasteiger partial charge in [0.1, 0.15) is 11.9 Å². The number of aromatic nitrogens is 2. The molecule has 1 saturated heterocycles. The summed E-state index contributed by atoms with van der Waals surface area (Å²) in [5, 5.41) is 9.11. The van der Waals surface area contributed by atoms with E-state index in [0.717, 1.165) is 18.9 Å². The number of rotatable bonds is 2. The minimum Gasteiger partial charge on any atom is -0.396 e. The Morgan fingerprint density at radius 2 is 2.62 bits per heavy atom. The lowest BCUT2D eigenvalue weighted by atomic mass is 10.0. The van der Waals surface area contributed by atoms with Gasteiger partial charge < -0.3 is 14.4 Å². The second-order valence-electron chi connectivity index (χ2n) is 3.42. The molecule has 0 aliphatic carbocycles. The van der Waals surface area contributed by atoms with Crippen LogP contribution >= 0.6 is 0 Å². The van der Waals surface area contributed by atoms with Crippen LogP contribution in [-0.4, -0.2) is 27.9 Å². The lowest BCUT2D eigenvalue weighted by Crippen LogP contribution is -2.15. The van der Waals surface area contributed by atoms with Crippen LogP contribution in [-0.2, 0) is 11.8 Å². The molecule has 1 aromatic rings. The quantitative estimate of drug-likeness (QED) is 0.724. The third kappa shape index (κ3) is 1.47. The maximum absolute atomic E-state index is 9.11. The van der Waals surface area contributed by atoms with E-state index in [-0.39, 0.29) is 18.6 Å². The Balaban J connectivity index is 2.20. The Kier molecular flexibility index (Phi) is 2.33. The van der Waals surface area contributed by atoms with Gasteiger partial charge in [-0.05, 0) is 6.42 Å². The third-order valence-electron chi connectivity index (χ3n) is 2.56. The zero-order valence-corrected chi connectivity index (χ0v) is 7.68. The molecular formula is C9H14N2O2. The lowest BCUT2D eigenvalue weighted by Gasteiger charge is -2.15. The molecule has 0 bridgehead atoms. The van der Waals surface area contributed by atoms with Crippen molar-refractivity contribution < 1.29 is 9.84 Å². The highest BCUT2D eigenvalue weighted by Crippen LogP contribution is 2.32. The highest BCUT2D eigenvalue weighted by Gasteiger charge is 2.31. The van der Waals surface area contributed by atoms with Gasteiger partial charge in [-0.15, -0.1) is 0 Å². The fourth-order valence-corrected chi connectivity index (χ4v) is 1.76. The van der Waals surface area contributed by atoms with Gasteiger partial charge in [-0.1, -0.05) is 0 Å². The van der Waals surface area contributed by atoms with Gasteiger partial charge in [0, 0.05) is 38.6 Å². The summed E-state index contributed by atoms with van der Waals surface area (Å²) in [6, 6.07) is 0. The normalized spacial score (nSPS) is 28.2. The monoisotopic (exact) mass is 182 g/mol. The smallest absolute Gasteiger partial charge is 0.138 e. The standard InChI is InChI=1S/C9H14N2O2/c1-11-4-3-10-9(11)8-7(6-12)2-5-13-8/h3-4,7-8,12H,2,5-6H2,1H3/t7-,8+/m0/s1. The van der Waals surface area contributed by atoms with Gasteiger partial charge in [0.2, 0.25) is 0 Å². The minimum atomic E-state index is -0.0231. The number of hydrogen-bond acceptors (Lipinski definition) is 3. The van der Waals surface area contributed by atoms with Crippen LogP contribution in [0.2, 0.25) is 0 Å². The van der Waals surface area contributed by atoms with Gasteiger partial charge in [0.25, 0.3) is 0 Å². The highest BCUT2D eigenvalue weighted by molar-refractivity contribution is 5.00. The SMILES string of the molecule is Cn1ccnc1[C@@H]1OCC[C@H]1CO. The first kappa shape index (κ1) is 8.72. The fraction of sp³-hybridized carbons (Fsp3) is 0.667. The molecule has 1 aromatic heterocycles. The molecule has 2 atom stereocenters. The first-order chi connectivity index (χ1) is 6.33.